The Morgan fingerprint density at radius 3 is 2.52 bits per heavy atom. The lowest BCUT2D eigenvalue weighted by molar-refractivity contribution is 0.0692. The number of halogens is 1. The van der Waals surface area contributed by atoms with E-state index in [1.165, 1.54) is 44.2 Å². The van der Waals surface area contributed by atoms with Gasteiger partial charge in [0.25, 0.3) is 0 Å². The molecule has 0 heterocycles. The van der Waals surface area contributed by atoms with Crippen LogP contribution < -0.4 is 0 Å². The molecule has 0 spiro atoms. The molecule has 0 aromatic heterocycles. The monoisotopic (exact) mass is 294 g/mol. The minimum atomic E-state index is -1.21. The molecule has 3 heteroatoms. The Morgan fingerprint density at radius 1 is 1.19 bits per heavy atom. The van der Waals surface area contributed by atoms with Crippen LogP contribution in [-0.4, -0.2) is 11.1 Å². The number of hydrogen-bond donors (Lipinski definition) is 1. The smallest absolute Gasteiger partial charge is 0.338 e. The summed E-state index contributed by atoms with van der Waals surface area (Å²) in [6.07, 6.45) is 9.37. The van der Waals surface area contributed by atoms with E-state index in [0.29, 0.717) is 0 Å². The minimum Gasteiger partial charge on any atom is -0.478 e. The third-order valence-electron chi connectivity index (χ3n) is 4.12. The standard InChI is InChI=1S/C18H27FO2/c1-3-8-14(4-2)9-6-5-7-10-15-11-12-16(18(20)21)17(19)13-15/h11-14H,3-10H2,1-2H3,(H,20,21). The van der Waals surface area contributed by atoms with Crippen LogP contribution in [0.1, 0.15) is 74.7 Å². The molecule has 118 valence electrons. The molecule has 0 saturated carbocycles. The van der Waals surface area contributed by atoms with Crippen LogP contribution >= 0.6 is 0 Å². The molecule has 2 nitrogen and oxygen atoms in total. The summed E-state index contributed by atoms with van der Waals surface area (Å²) >= 11 is 0. The van der Waals surface area contributed by atoms with Gasteiger partial charge < -0.3 is 5.11 Å². The van der Waals surface area contributed by atoms with E-state index in [1.54, 1.807) is 6.07 Å². The summed E-state index contributed by atoms with van der Waals surface area (Å²) < 4.78 is 13.5. The van der Waals surface area contributed by atoms with Gasteiger partial charge in [-0.1, -0.05) is 58.4 Å². The van der Waals surface area contributed by atoms with Gasteiger partial charge >= 0.3 is 5.97 Å². The fourth-order valence-corrected chi connectivity index (χ4v) is 2.79. The van der Waals surface area contributed by atoms with Gasteiger partial charge in [0.05, 0.1) is 5.56 Å². The second-order valence-electron chi connectivity index (χ2n) is 5.78. The quantitative estimate of drug-likeness (QED) is 0.582. The summed E-state index contributed by atoms with van der Waals surface area (Å²) in [5.41, 5.74) is 0.641. The number of carboxylic acids is 1. The summed E-state index contributed by atoms with van der Waals surface area (Å²) in [7, 11) is 0. The van der Waals surface area contributed by atoms with E-state index in [1.807, 2.05) is 0 Å². The second kappa shape index (κ2) is 9.54. The van der Waals surface area contributed by atoms with Gasteiger partial charge in [-0.05, 0) is 36.5 Å². The molecule has 21 heavy (non-hydrogen) atoms. The van der Waals surface area contributed by atoms with Gasteiger partial charge in [0.2, 0.25) is 0 Å². The van der Waals surface area contributed by atoms with E-state index >= 15 is 0 Å². The number of hydrogen-bond acceptors (Lipinski definition) is 1. The zero-order chi connectivity index (χ0) is 15.7. The Labute approximate surface area is 127 Å². The maximum Gasteiger partial charge on any atom is 0.338 e. The van der Waals surface area contributed by atoms with E-state index < -0.39 is 11.8 Å². The first-order valence-corrected chi connectivity index (χ1v) is 8.10. The average molecular weight is 294 g/mol. The third-order valence-corrected chi connectivity index (χ3v) is 4.12. The SMILES string of the molecule is CCCC(CC)CCCCCc1ccc(C(=O)O)c(F)c1. The molecule has 0 amide bonds. The zero-order valence-corrected chi connectivity index (χ0v) is 13.2. The number of benzene rings is 1. The van der Waals surface area contributed by atoms with Crippen LogP contribution in [0.15, 0.2) is 18.2 Å². The molecule has 1 atom stereocenters. The summed E-state index contributed by atoms with van der Waals surface area (Å²) in [6.45, 7) is 4.49. The number of rotatable bonds is 10. The predicted octanol–water partition coefficient (Wildman–Crippen LogP) is 5.45. The van der Waals surface area contributed by atoms with Gasteiger partial charge in [-0.3, -0.25) is 0 Å². The number of carbonyl (C=O) groups is 1. The van der Waals surface area contributed by atoms with Crippen LogP contribution in [0.4, 0.5) is 4.39 Å². The molecule has 1 N–H and O–H groups in total. The van der Waals surface area contributed by atoms with Gasteiger partial charge in [0.1, 0.15) is 5.82 Å². The van der Waals surface area contributed by atoms with Crippen molar-refractivity contribution >= 4 is 5.97 Å². The van der Waals surface area contributed by atoms with Crippen LogP contribution in [0, 0.1) is 11.7 Å². The van der Waals surface area contributed by atoms with Crippen molar-refractivity contribution in [1.29, 1.82) is 0 Å². The van der Waals surface area contributed by atoms with Crippen LogP contribution in [-0.2, 0) is 6.42 Å². The summed E-state index contributed by atoms with van der Waals surface area (Å²) in [5.74, 6) is -0.989. The number of unbranched alkanes of at least 4 members (excludes halogenated alkanes) is 2. The third kappa shape index (κ3) is 6.28. The van der Waals surface area contributed by atoms with Gasteiger partial charge in [-0.15, -0.1) is 0 Å². The Balaban J connectivity index is 2.30. The van der Waals surface area contributed by atoms with Crippen molar-refractivity contribution < 1.29 is 14.3 Å². The van der Waals surface area contributed by atoms with Crippen LogP contribution in [0.25, 0.3) is 0 Å². The Bertz CT molecular complexity index is 443. The fourth-order valence-electron chi connectivity index (χ4n) is 2.79. The fraction of sp³-hybridized carbons (Fsp3) is 0.611. The van der Waals surface area contributed by atoms with E-state index in [0.717, 1.165) is 30.7 Å². The lowest BCUT2D eigenvalue weighted by Crippen LogP contribution is -2.01. The summed E-state index contributed by atoms with van der Waals surface area (Å²) in [6, 6.07) is 4.44. The Hall–Kier alpha value is -1.38. The highest BCUT2D eigenvalue weighted by atomic mass is 19.1. The summed E-state index contributed by atoms with van der Waals surface area (Å²) in [4.78, 5) is 10.7. The molecular weight excluding hydrogens is 267 g/mol. The average Bonchev–Trinajstić information content (AvgIpc) is 2.45. The number of aryl methyl sites for hydroxylation is 1. The van der Waals surface area contributed by atoms with Gasteiger partial charge in [0, 0.05) is 0 Å². The molecule has 0 aliphatic carbocycles. The van der Waals surface area contributed by atoms with E-state index in [-0.39, 0.29) is 5.56 Å². The lowest BCUT2D eigenvalue weighted by atomic mass is 9.93. The molecule has 0 bridgehead atoms. The van der Waals surface area contributed by atoms with Crippen molar-refractivity contribution in [3.05, 3.63) is 35.1 Å². The van der Waals surface area contributed by atoms with Crippen molar-refractivity contribution in [2.75, 3.05) is 0 Å². The van der Waals surface area contributed by atoms with Crippen LogP contribution in [0.5, 0.6) is 0 Å². The highest BCUT2D eigenvalue weighted by Crippen LogP contribution is 2.19. The number of aromatic carboxylic acids is 1. The molecular formula is C18H27FO2. The second-order valence-corrected chi connectivity index (χ2v) is 5.78. The molecule has 0 aliphatic rings. The first kappa shape index (κ1) is 17.7. The van der Waals surface area contributed by atoms with Crippen molar-refractivity contribution in [2.45, 2.75) is 65.2 Å². The highest BCUT2D eigenvalue weighted by Gasteiger charge is 2.10. The lowest BCUT2D eigenvalue weighted by Gasteiger charge is -2.13. The predicted molar refractivity (Wildman–Crippen MR) is 84.2 cm³/mol. The molecule has 1 aromatic rings. The molecule has 1 unspecified atom stereocenters. The van der Waals surface area contributed by atoms with Crippen LogP contribution in [0.2, 0.25) is 0 Å². The number of carboxylic acid groups (broad SMARTS) is 1. The molecule has 0 aliphatic heterocycles. The summed E-state index contributed by atoms with van der Waals surface area (Å²) in [5, 5.41) is 8.78. The van der Waals surface area contributed by atoms with Crippen LogP contribution in [0.3, 0.4) is 0 Å². The van der Waals surface area contributed by atoms with Crippen molar-refractivity contribution in [2.24, 2.45) is 5.92 Å². The minimum absolute atomic E-state index is 0.246. The molecule has 0 radical (unpaired) electrons. The molecule has 0 saturated heterocycles. The first-order chi connectivity index (χ1) is 10.1. The molecule has 1 rings (SSSR count). The van der Waals surface area contributed by atoms with Crippen molar-refractivity contribution in [1.82, 2.24) is 0 Å². The van der Waals surface area contributed by atoms with Gasteiger partial charge in [0.15, 0.2) is 0 Å². The van der Waals surface area contributed by atoms with E-state index in [2.05, 4.69) is 13.8 Å². The molecule has 0 fully saturated rings. The van der Waals surface area contributed by atoms with E-state index in [4.69, 9.17) is 5.11 Å². The van der Waals surface area contributed by atoms with E-state index in [9.17, 15) is 9.18 Å². The van der Waals surface area contributed by atoms with Gasteiger partial charge in [-0.25, -0.2) is 9.18 Å². The molecule has 1 aromatic carbocycles. The normalized spacial score (nSPS) is 12.3. The maximum absolute atomic E-state index is 13.5. The van der Waals surface area contributed by atoms with Crippen molar-refractivity contribution in [3.8, 4) is 0 Å². The largest absolute Gasteiger partial charge is 0.478 e. The Kier molecular flexibility index (Phi) is 8.03. The zero-order valence-electron chi connectivity index (χ0n) is 13.2. The maximum atomic E-state index is 13.5. The highest BCUT2D eigenvalue weighted by molar-refractivity contribution is 5.87. The Morgan fingerprint density at radius 2 is 1.95 bits per heavy atom. The first-order valence-electron chi connectivity index (χ1n) is 8.10. The topological polar surface area (TPSA) is 37.3 Å². The van der Waals surface area contributed by atoms with Crippen molar-refractivity contribution in [3.63, 3.8) is 0 Å². The van der Waals surface area contributed by atoms with Gasteiger partial charge in [-0.2, -0.15) is 0 Å².